The first-order valence-corrected chi connectivity index (χ1v) is 7.04. The molecule has 0 aromatic heterocycles. The summed E-state index contributed by atoms with van der Waals surface area (Å²) in [6, 6.07) is 7.45. The number of rotatable bonds is 3. The van der Waals surface area contributed by atoms with E-state index in [1.807, 2.05) is 29.2 Å². The molecular weight excluding hydrogens is 259 g/mol. The lowest BCUT2D eigenvalue weighted by atomic mass is 9.92. The second-order valence-corrected chi connectivity index (χ2v) is 5.58. The van der Waals surface area contributed by atoms with Gasteiger partial charge in [-0.05, 0) is 18.1 Å². The van der Waals surface area contributed by atoms with E-state index < -0.39 is 18.1 Å². The number of hydrogen-bond acceptors (Lipinski definition) is 3. The van der Waals surface area contributed by atoms with E-state index in [-0.39, 0.29) is 12.3 Å². The van der Waals surface area contributed by atoms with Crippen molar-refractivity contribution in [2.24, 2.45) is 5.73 Å². The number of likely N-dealkylation sites (tertiary alicyclic amines) is 1. The van der Waals surface area contributed by atoms with Gasteiger partial charge in [0.2, 0.25) is 5.91 Å². The minimum absolute atomic E-state index is 0.222. The molecule has 0 spiro atoms. The Morgan fingerprint density at radius 2 is 2.25 bits per heavy atom. The van der Waals surface area contributed by atoms with Crippen LogP contribution < -0.4 is 10.5 Å². The van der Waals surface area contributed by atoms with Crippen LogP contribution in [0.25, 0.3) is 0 Å². The number of carbonyl (C=O) groups is 1. The van der Waals surface area contributed by atoms with E-state index in [0.717, 1.165) is 17.7 Å². The molecule has 4 nitrogen and oxygen atoms in total. The summed E-state index contributed by atoms with van der Waals surface area (Å²) in [5.41, 5.74) is 6.52. The molecule has 3 atom stereocenters. The van der Waals surface area contributed by atoms with Gasteiger partial charge in [-0.25, -0.2) is 4.39 Å². The highest BCUT2D eigenvalue weighted by atomic mass is 19.1. The van der Waals surface area contributed by atoms with Crippen molar-refractivity contribution in [1.29, 1.82) is 0 Å². The van der Waals surface area contributed by atoms with E-state index in [4.69, 9.17) is 10.5 Å². The molecule has 2 aliphatic rings. The van der Waals surface area contributed by atoms with Crippen LogP contribution in [0.3, 0.4) is 0 Å². The molecule has 2 heterocycles. The summed E-state index contributed by atoms with van der Waals surface area (Å²) in [5.74, 6) is 0.743. The third-order valence-corrected chi connectivity index (χ3v) is 4.22. The van der Waals surface area contributed by atoms with Crippen LogP contribution in [0.15, 0.2) is 24.3 Å². The van der Waals surface area contributed by atoms with Crippen LogP contribution in [0, 0.1) is 0 Å². The SMILES string of the molecule is NC(=O)[C@@H]1C[C@@H](F)CN1CC1CCOc2ccccc21. The summed E-state index contributed by atoms with van der Waals surface area (Å²) in [6.07, 6.45) is 0.151. The molecule has 0 saturated carbocycles. The van der Waals surface area contributed by atoms with Gasteiger partial charge in [0.05, 0.1) is 12.6 Å². The van der Waals surface area contributed by atoms with Gasteiger partial charge in [-0.3, -0.25) is 9.69 Å². The maximum absolute atomic E-state index is 13.6. The Hall–Kier alpha value is -1.62. The molecule has 1 aromatic carbocycles. The van der Waals surface area contributed by atoms with E-state index in [0.29, 0.717) is 19.7 Å². The maximum Gasteiger partial charge on any atom is 0.234 e. The van der Waals surface area contributed by atoms with E-state index >= 15 is 0 Å². The Labute approximate surface area is 117 Å². The number of nitrogens with zero attached hydrogens (tertiary/aromatic N) is 1. The number of nitrogens with two attached hydrogens (primary N) is 1. The van der Waals surface area contributed by atoms with Gasteiger partial charge in [0.1, 0.15) is 11.9 Å². The van der Waals surface area contributed by atoms with Crippen molar-refractivity contribution < 1.29 is 13.9 Å². The second-order valence-electron chi connectivity index (χ2n) is 5.58. The Balaban J connectivity index is 1.77. The summed E-state index contributed by atoms with van der Waals surface area (Å²) in [6.45, 7) is 1.62. The highest BCUT2D eigenvalue weighted by Gasteiger charge is 2.37. The topological polar surface area (TPSA) is 55.6 Å². The summed E-state index contributed by atoms with van der Waals surface area (Å²) in [4.78, 5) is 13.3. The van der Waals surface area contributed by atoms with Gasteiger partial charge in [-0.1, -0.05) is 18.2 Å². The average molecular weight is 278 g/mol. The van der Waals surface area contributed by atoms with Crippen molar-refractivity contribution >= 4 is 5.91 Å². The molecule has 0 aliphatic carbocycles. The number of primary amides is 1. The van der Waals surface area contributed by atoms with Crippen LogP contribution >= 0.6 is 0 Å². The molecule has 5 heteroatoms. The molecule has 1 aromatic rings. The molecule has 0 bridgehead atoms. The van der Waals surface area contributed by atoms with E-state index in [1.165, 1.54) is 0 Å². The zero-order chi connectivity index (χ0) is 14.1. The standard InChI is InChI=1S/C15H19FN2O2/c16-11-7-13(15(17)19)18(9-11)8-10-5-6-20-14-4-2-1-3-12(10)14/h1-4,10-11,13H,5-9H2,(H2,17,19)/t10?,11-,13+/m1/s1. The first-order chi connectivity index (χ1) is 9.65. The minimum Gasteiger partial charge on any atom is -0.493 e. The van der Waals surface area contributed by atoms with Gasteiger partial charge >= 0.3 is 0 Å². The van der Waals surface area contributed by atoms with Crippen LogP contribution in [-0.4, -0.2) is 42.7 Å². The molecule has 3 rings (SSSR count). The van der Waals surface area contributed by atoms with E-state index in [9.17, 15) is 9.18 Å². The fraction of sp³-hybridized carbons (Fsp3) is 0.533. The molecule has 1 saturated heterocycles. The zero-order valence-electron chi connectivity index (χ0n) is 11.3. The summed E-state index contributed by atoms with van der Waals surface area (Å²) in [7, 11) is 0. The van der Waals surface area contributed by atoms with Crippen LogP contribution in [-0.2, 0) is 4.79 Å². The van der Waals surface area contributed by atoms with Gasteiger partial charge in [0.15, 0.2) is 0 Å². The number of carbonyl (C=O) groups excluding carboxylic acids is 1. The van der Waals surface area contributed by atoms with Crippen molar-refractivity contribution in [1.82, 2.24) is 4.90 Å². The van der Waals surface area contributed by atoms with E-state index in [2.05, 4.69) is 0 Å². The number of para-hydroxylation sites is 1. The predicted molar refractivity (Wildman–Crippen MR) is 73.4 cm³/mol. The smallest absolute Gasteiger partial charge is 0.234 e. The maximum atomic E-state index is 13.6. The third-order valence-electron chi connectivity index (χ3n) is 4.22. The quantitative estimate of drug-likeness (QED) is 0.910. The third kappa shape index (κ3) is 2.50. The molecule has 108 valence electrons. The predicted octanol–water partition coefficient (Wildman–Crippen LogP) is 1.45. The largest absolute Gasteiger partial charge is 0.493 e. The monoisotopic (exact) mass is 278 g/mol. The summed E-state index contributed by atoms with van der Waals surface area (Å²) in [5, 5.41) is 0. The molecule has 1 fully saturated rings. The summed E-state index contributed by atoms with van der Waals surface area (Å²) >= 11 is 0. The average Bonchev–Trinajstić information content (AvgIpc) is 2.80. The van der Waals surface area contributed by atoms with Crippen LogP contribution in [0.5, 0.6) is 5.75 Å². The number of amides is 1. The van der Waals surface area contributed by atoms with Gasteiger partial charge in [0, 0.05) is 25.4 Å². The first kappa shape index (κ1) is 13.4. The first-order valence-electron chi connectivity index (χ1n) is 7.04. The number of hydrogen-bond donors (Lipinski definition) is 1. The second kappa shape index (κ2) is 5.40. The van der Waals surface area contributed by atoms with Crippen molar-refractivity contribution in [2.45, 2.75) is 31.0 Å². The van der Waals surface area contributed by atoms with Crippen molar-refractivity contribution in [2.75, 3.05) is 19.7 Å². The molecule has 2 N–H and O–H groups in total. The van der Waals surface area contributed by atoms with Gasteiger partial charge < -0.3 is 10.5 Å². The Morgan fingerprint density at radius 1 is 1.45 bits per heavy atom. The lowest BCUT2D eigenvalue weighted by molar-refractivity contribution is -0.122. The van der Waals surface area contributed by atoms with Crippen molar-refractivity contribution in [3.05, 3.63) is 29.8 Å². The highest BCUT2D eigenvalue weighted by Crippen LogP contribution is 2.35. The van der Waals surface area contributed by atoms with Gasteiger partial charge in [-0.2, -0.15) is 0 Å². The summed E-state index contributed by atoms with van der Waals surface area (Å²) < 4.78 is 19.2. The molecule has 2 aliphatic heterocycles. The molecule has 1 amide bonds. The number of ether oxygens (including phenoxy) is 1. The Morgan fingerprint density at radius 3 is 3.05 bits per heavy atom. The molecule has 0 radical (unpaired) electrons. The fourth-order valence-electron chi connectivity index (χ4n) is 3.23. The molecular formula is C15H19FN2O2. The highest BCUT2D eigenvalue weighted by molar-refractivity contribution is 5.80. The zero-order valence-corrected chi connectivity index (χ0v) is 11.3. The number of benzene rings is 1. The minimum atomic E-state index is -0.956. The van der Waals surface area contributed by atoms with Crippen LogP contribution in [0.4, 0.5) is 4.39 Å². The number of halogens is 1. The Bertz CT molecular complexity index is 508. The number of fused-ring (bicyclic) bond motifs is 1. The van der Waals surface area contributed by atoms with Crippen molar-refractivity contribution in [3.8, 4) is 5.75 Å². The van der Waals surface area contributed by atoms with Gasteiger partial charge in [-0.15, -0.1) is 0 Å². The lowest BCUT2D eigenvalue weighted by Gasteiger charge is -2.31. The van der Waals surface area contributed by atoms with E-state index in [1.54, 1.807) is 0 Å². The lowest BCUT2D eigenvalue weighted by Crippen LogP contribution is -2.42. The fourth-order valence-corrected chi connectivity index (χ4v) is 3.23. The molecule has 20 heavy (non-hydrogen) atoms. The van der Waals surface area contributed by atoms with Gasteiger partial charge in [0.25, 0.3) is 0 Å². The normalized spacial score (nSPS) is 29.8. The van der Waals surface area contributed by atoms with Crippen LogP contribution in [0.2, 0.25) is 0 Å². The number of alkyl halides is 1. The van der Waals surface area contributed by atoms with Crippen LogP contribution in [0.1, 0.15) is 24.3 Å². The van der Waals surface area contributed by atoms with Crippen molar-refractivity contribution in [3.63, 3.8) is 0 Å². The Kier molecular flexibility index (Phi) is 3.61. The molecule has 1 unspecified atom stereocenters.